The van der Waals surface area contributed by atoms with Gasteiger partial charge in [0.05, 0.1) is 0 Å². The van der Waals surface area contributed by atoms with E-state index in [1.165, 1.54) is 4.80 Å². The molecule has 4 heteroatoms. The van der Waals surface area contributed by atoms with Gasteiger partial charge in [0.25, 0.3) is 0 Å². The lowest BCUT2D eigenvalue weighted by atomic mass is 10.1. The van der Waals surface area contributed by atoms with Gasteiger partial charge in [-0.1, -0.05) is 24.3 Å². The molecule has 3 aromatic rings. The van der Waals surface area contributed by atoms with E-state index < -0.39 is 0 Å². The molecule has 2 aromatic carbocycles. The molecule has 0 aliphatic rings. The summed E-state index contributed by atoms with van der Waals surface area (Å²) in [5, 5.41) is 18.6. The molecule has 1 heterocycles. The van der Waals surface area contributed by atoms with E-state index in [1.54, 1.807) is 18.2 Å². The number of phenols is 1. The molecule has 1 aromatic heterocycles. The number of phenolic OH excluding ortho intramolecular Hbond substituents is 1. The normalized spacial score (nSPS) is 10.7. The number of hydrogen-bond donors (Lipinski definition) is 1. The number of rotatable bonds is 3. The number of para-hydroxylation sites is 2. The van der Waals surface area contributed by atoms with E-state index in [2.05, 4.69) is 16.8 Å². The lowest BCUT2D eigenvalue weighted by Crippen LogP contribution is -1.98. The Bertz CT molecular complexity index is 746. The first kappa shape index (κ1) is 11.5. The van der Waals surface area contributed by atoms with Crippen molar-refractivity contribution in [1.29, 1.82) is 0 Å². The van der Waals surface area contributed by atoms with Gasteiger partial charge < -0.3 is 5.11 Å². The first-order chi connectivity index (χ1) is 9.28. The van der Waals surface area contributed by atoms with Crippen molar-refractivity contribution in [2.45, 2.75) is 6.42 Å². The minimum atomic E-state index is 0.161. The van der Waals surface area contributed by atoms with E-state index in [0.717, 1.165) is 23.0 Å². The zero-order valence-electron chi connectivity index (χ0n) is 10.3. The molecule has 0 unspecified atom stereocenters. The smallest absolute Gasteiger partial charge is 0.143 e. The molecule has 3 rings (SSSR count). The molecule has 0 aliphatic carbocycles. The Morgan fingerprint density at radius 1 is 1.11 bits per heavy atom. The Hall–Kier alpha value is -2.62. The molecule has 0 atom stereocenters. The number of aromatic hydroxyl groups is 1. The predicted octanol–water partition coefficient (Wildman–Crippen LogP) is 2.85. The zero-order chi connectivity index (χ0) is 13.2. The van der Waals surface area contributed by atoms with Crippen LogP contribution in [0.3, 0.4) is 0 Å². The second kappa shape index (κ2) is 4.57. The number of allylic oxidation sites excluding steroid dienone is 1. The van der Waals surface area contributed by atoms with Crippen molar-refractivity contribution in [2.75, 3.05) is 0 Å². The van der Waals surface area contributed by atoms with Gasteiger partial charge in [-0.2, -0.15) is 0 Å². The van der Waals surface area contributed by atoms with Crippen molar-refractivity contribution < 1.29 is 5.11 Å². The first-order valence-electron chi connectivity index (χ1n) is 6.03. The topological polar surface area (TPSA) is 50.9 Å². The van der Waals surface area contributed by atoms with Crippen LogP contribution in [-0.4, -0.2) is 20.1 Å². The van der Waals surface area contributed by atoms with Crippen LogP contribution in [-0.2, 0) is 6.42 Å². The second-order valence-corrected chi connectivity index (χ2v) is 4.29. The van der Waals surface area contributed by atoms with E-state index in [4.69, 9.17) is 0 Å². The number of benzene rings is 2. The maximum Gasteiger partial charge on any atom is 0.143 e. The molecule has 94 valence electrons. The summed E-state index contributed by atoms with van der Waals surface area (Å²) in [4.78, 5) is 1.46. The van der Waals surface area contributed by atoms with Gasteiger partial charge in [0, 0.05) is 0 Å². The largest absolute Gasteiger partial charge is 0.506 e. The molecule has 0 fully saturated rings. The Kier molecular flexibility index (Phi) is 2.76. The highest BCUT2D eigenvalue weighted by atomic mass is 16.3. The maximum absolute atomic E-state index is 9.81. The van der Waals surface area contributed by atoms with Gasteiger partial charge in [-0.05, 0) is 36.2 Å². The van der Waals surface area contributed by atoms with Crippen LogP contribution in [0, 0.1) is 0 Å². The molecule has 0 radical (unpaired) electrons. The average Bonchev–Trinajstić information content (AvgIpc) is 2.82. The second-order valence-electron chi connectivity index (χ2n) is 4.29. The fourth-order valence-electron chi connectivity index (χ4n) is 1.99. The van der Waals surface area contributed by atoms with E-state index >= 15 is 0 Å². The van der Waals surface area contributed by atoms with Gasteiger partial charge in [0.15, 0.2) is 0 Å². The highest BCUT2D eigenvalue weighted by Crippen LogP contribution is 2.21. The molecule has 0 saturated heterocycles. The summed E-state index contributed by atoms with van der Waals surface area (Å²) < 4.78 is 0. The van der Waals surface area contributed by atoms with Crippen LogP contribution >= 0.6 is 0 Å². The summed E-state index contributed by atoms with van der Waals surface area (Å²) in [5.74, 6) is 0.161. The Labute approximate surface area is 110 Å². The summed E-state index contributed by atoms with van der Waals surface area (Å²) in [5.41, 5.74) is 3.33. The fourth-order valence-corrected chi connectivity index (χ4v) is 1.99. The highest BCUT2D eigenvalue weighted by Gasteiger charge is 2.08. The van der Waals surface area contributed by atoms with E-state index in [0.29, 0.717) is 5.69 Å². The molecule has 1 N–H and O–H groups in total. The van der Waals surface area contributed by atoms with Crippen LogP contribution in [0.5, 0.6) is 5.75 Å². The van der Waals surface area contributed by atoms with Crippen LogP contribution < -0.4 is 0 Å². The molecule has 0 spiro atoms. The Balaban J connectivity index is 2.11. The van der Waals surface area contributed by atoms with E-state index in [-0.39, 0.29) is 5.75 Å². The first-order valence-corrected chi connectivity index (χ1v) is 6.03. The number of aromatic nitrogens is 3. The fraction of sp³-hybridized carbons (Fsp3) is 0.0667. The van der Waals surface area contributed by atoms with Crippen molar-refractivity contribution in [1.82, 2.24) is 15.0 Å². The number of nitrogens with zero attached hydrogens (tertiary/aromatic N) is 3. The molecule has 0 amide bonds. The van der Waals surface area contributed by atoms with Gasteiger partial charge in [-0.15, -0.1) is 21.6 Å². The van der Waals surface area contributed by atoms with Crippen LogP contribution in [0.4, 0.5) is 0 Å². The molecule has 0 aliphatic heterocycles. The number of fused-ring (bicyclic) bond motifs is 1. The molecule has 4 nitrogen and oxygen atoms in total. The van der Waals surface area contributed by atoms with Crippen LogP contribution in [0.25, 0.3) is 16.7 Å². The monoisotopic (exact) mass is 251 g/mol. The van der Waals surface area contributed by atoms with E-state index in [9.17, 15) is 5.11 Å². The van der Waals surface area contributed by atoms with Crippen molar-refractivity contribution in [3.8, 4) is 11.4 Å². The van der Waals surface area contributed by atoms with Crippen LogP contribution in [0.15, 0.2) is 55.1 Å². The standard InChI is InChI=1S/C15H13N3O/c1-2-5-11-8-9-12-13(10-11)17-18(16-12)14-6-3-4-7-15(14)19/h2-4,6-10,19H,1,5H2. The van der Waals surface area contributed by atoms with Gasteiger partial charge in [-0.25, -0.2) is 0 Å². The quantitative estimate of drug-likeness (QED) is 0.728. The van der Waals surface area contributed by atoms with Crippen molar-refractivity contribution in [3.05, 3.63) is 60.7 Å². The van der Waals surface area contributed by atoms with Gasteiger partial charge >= 0.3 is 0 Å². The third kappa shape index (κ3) is 2.08. The summed E-state index contributed by atoms with van der Waals surface area (Å²) in [6.45, 7) is 3.73. The zero-order valence-corrected chi connectivity index (χ0v) is 10.3. The van der Waals surface area contributed by atoms with Crippen molar-refractivity contribution in [3.63, 3.8) is 0 Å². The summed E-state index contributed by atoms with van der Waals surface area (Å²) >= 11 is 0. The molecular weight excluding hydrogens is 238 g/mol. The minimum absolute atomic E-state index is 0.161. The van der Waals surface area contributed by atoms with Gasteiger partial charge in [0.1, 0.15) is 22.5 Å². The Morgan fingerprint density at radius 2 is 1.89 bits per heavy atom. The third-order valence-corrected chi connectivity index (χ3v) is 2.92. The summed E-state index contributed by atoms with van der Waals surface area (Å²) in [6, 6.07) is 12.9. The summed E-state index contributed by atoms with van der Waals surface area (Å²) in [6.07, 6.45) is 2.66. The summed E-state index contributed by atoms with van der Waals surface area (Å²) in [7, 11) is 0. The highest BCUT2D eigenvalue weighted by molar-refractivity contribution is 5.75. The van der Waals surface area contributed by atoms with Gasteiger partial charge in [-0.3, -0.25) is 0 Å². The van der Waals surface area contributed by atoms with Crippen molar-refractivity contribution in [2.24, 2.45) is 0 Å². The lowest BCUT2D eigenvalue weighted by Gasteiger charge is -2.00. The van der Waals surface area contributed by atoms with Crippen LogP contribution in [0.2, 0.25) is 0 Å². The molecule has 0 bridgehead atoms. The average molecular weight is 251 g/mol. The Morgan fingerprint density at radius 3 is 2.68 bits per heavy atom. The van der Waals surface area contributed by atoms with E-state index in [1.807, 2.05) is 30.3 Å². The van der Waals surface area contributed by atoms with Gasteiger partial charge in [0.2, 0.25) is 0 Å². The molecular formula is C15H13N3O. The predicted molar refractivity (Wildman–Crippen MR) is 74.4 cm³/mol. The maximum atomic E-state index is 9.81. The number of hydrogen-bond acceptors (Lipinski definition) is 3. The molecule has 0 saturated carbocycles. The third-order valence-electron chi connectivity index (χ3n) is 2.92. The van der Waals surface area contributed by atoms with Crippen molar-refractivity contribution >= 4 is 11.0 Å². The minimum Gasteiger partial charge on any atom is -0.506 e. The molecule has 19 heavy (non-hydrogen) atoms. The SMILES string of the molecule is C=CCc1ccc2nn(-c3ccccc3O)nc2c1. The lowest BCUT2D eigenvalue weighted by molar-refractivity contribution is 0.468. The van der Waals surface area contributed by atoms with Crippen LogP contribution in [0.1, 0.15) is 5.56 Å².